The van der Waals surface area contributed by atoms with Gasteiger partial charge in [-0.25, -0.2) is 0 Å². The van der Waals surface area contributed by atoms with E-state index >= 15 is 0 Å². The highest BCUT2D eigenvalue weighted by molar-refractivity contribution is 5.43. The second-order valence-electron chi connectivity index (χ2n) is 6.99. The Balaban J connectivity index is 1.93. The molecule has 3 rings (SSSR count). The van der Waals surface area contributed by atoms with Crippen molar-refractivity contribution >= 4 is 0 Å². The van der Waals surface area contributed by atoms with Gasteiger partial charge in [0.1, 0.15) is 0 Å². The van der Waals surface area contributed by atoms with Crippen LogP contribution in [0.4, 0.5) is 0 Å². The number of ether oxygens (including phenoxy) is 1. The van der Waals surface area contributed by atoms with Crippen molar-refractivity contribution in [1.82, 2.24) is 0 Å². The van der Waals surface area contributed by atoms with Crippen molar-refractivity contribution in [2.45, 2.75) is 39.5 Å². The largest absolute Gasteiger partial charge is 0.504 e. The first-order valence-electron chi connectivity index (χ1n) is 7.32. The van der Waals surface area contributed by atoms with Gasteiger partial charge in [-0.2, -0.15) is 0 Å². The van der Waals surface area contributed by atoms with Crippen molar-refractivity contribution in [2.75, 3.05) is 7.11 Å². The number of rotatable bonds is 2. The normalized spacial score (nSPS) is 35.6. The molecule has 4 atom stereocenters. The quantitative estimate of drug-likeness (QED) is 0.864. The van der Waals surface area contributed by atoms with E-state index in [0.717, 1.165) is 17.8 Å². The molecule has 1 aromatic rings. The van der Waals surface area contributed by atoms with E-state index in [-0.39, 0.29) is 5.75 Å². The molecule has 104 valence electrons. The van der Waals surface area contributed by atoms with Crippen molar-refractivity contribution in [2.24, 2.45) is 23.2 Å². The van der Waals surface area contributed by atoms with Gasteiger partial charge in [0.05, 0.1) is 7.11 Å². The van der Waals surface area contributed by atoms with Gasteiger partial charge in [-0.1, -0.05) is 26.8 Å². The van der Waals surface area contributed by atoms with Gasteiger partial charge in [-0.3, -0.25) is 0 Å². The van der Waals surface area contributed by atoms with Crippen molar-refractivity contribution < 1.29 is 9.84 Å². The fraction of sp³-hybridized carbons (Fsp3) is 0.647. The molecule has 0 aliphatic heterocycles. The van der Waals surface area contributed by atoms with Crippen LogP contribution in [0.3, 0.4) is 0 Å². The average molecular weight is 260 g/mol. The molecule has 2 nitrogen and oxygen atoms in total. The van der Waals surface area contributed by atoms with E-state index in [1.165, 1.54) is 18.4 Å². The van der Waals surface area contributed by atoms with Crippen LogP contribution in [-0.2, 0) is 0 Å². The summed E-state index contributed by atoms with van der Waals surface area (Å²) in [5.41, 5.74) is 1.76. The first kappa shape index (κ1) is 12.8. The minimum absolute atomic E-state index is 0.238. The van der Waals surface area contributed by atoms with E-state index in [9.17, 15) is 5.11 Å². The van der Waals surface area contributed by atoms with Crippen LogP contribution in [0.1, 0.15) is 45.1 Å². The van der Waals surface area contributed by atoms with Crippen molar-refractivity contribution in [3.8, 4) is 11.5 Å². The molecule has 2 heteroatoms. The van der Waals surface area contributed by atoms with E-state index in [0.29, 0.717) is 17.1 Å². The fourth-order valence-electron chi connectivity index (χ4n) is 4.55. The van der Waals surface area contributed by atoms with E-state index in [1.54, 1.807) is 13.2 Å². The van der Waals surface area contributed by atoms with Crippen molar-refractivity contribution in [3.63, 3.8) is 0 Å². The zero-order chi connectivity index (χ0) is 13.8. The lowest BCUT2D eigenvalue weighted by molar-refractivity contribution is 0.118. The third-order valence-corrected chi connectivity index (χ3v) is 6.07. The Morgan fingerprint density at radius 2 is 2.00 bits per heavy atom. The maximum atomic E-state index is 9.73. The van der Waals surface area contributed by atoms with Gasteiger partial charge in [0.15, 0.2) is 11.5 Å². The summed E-state index contributed by atoms with van der Waals surface area (Å²) in [6.07, 6.45) is 2.66. The Kier molecular flexibility index (Phi) is 2.81. The molecule has 2 aliphatic carbocycles. The van der Waals surface area contributed by atoms with Crippen molar-refractivity contribution in [1.29, 1.82) is 0 Å². The Hall–Kier alpha value is -1.18. The molecule has 0 unspecified atom stereocenters. The summed E-state index contributed by atoms with van der Waals surface area (Å²) in [6.45, 7) is 7.26. The van der Waals surface area contributed by atoms with Crippen LogP contribution < -0.4 is 4.74 Å². The number of fused-ring (bicyclic) bond motifs is 2. The molecule has 0 saturated heterocycles. The molecule has 0 radical (unpaired) electrons. The van der Waals surface area contributed by atoms with Gasteiger partial charge in [0, 0.05) is 0 Å². The Morgan fingerprint density at radius 1 is 1.26 bits per heavy atom. The molecule has 2 saturated carbocycles. The first-order chi connectivity index (χ1) is 8.95. The van der Waals surface area contributed by atoms with Crippen LogP contribution in [0.2, 0.25) is 0 Å². The van der Waals surface area contributed by atoms with Gasteiger partial charge < -0.3 is 9.84 Å². The Morgan fingerprint density at radius 3 is 2.58 bits per heavy atom. The van der Waals surface area contributed by atoms with Crippen LogP contribution in [0.5, 0.6) is 11.5 Å². The number of benzene rings is 1. The fourth-order valence-corrected chi connectivity index (χ4v) is 4.55. The number of phenols is 1. The highest BCUT2D eigenvalue weighted by atomic mass is 16.5. The van der Waals surface area contributed by atoms with Crippen LogP contribution in [0.25, 0.3) is 0 Å². The minimum atomic E-state index is 0.238. The minimum Gasteiger partial charge on any atom is -0.504 e. The summed E-state index contributed by atoms with van der Waals surface area (Å²) in [5.74, 6) is 3.93. The van der Waals surface area contributed by atoms with E-state index in [2.05, 4.69) is 26.8 Å². The molecular formula is C17H24O2. The standard InChI is InChI=1S/C17H24O2/c1-10-12-7-13(14(8-12)17(10,2)3)11-5-6-15(18)16(9-11)19-4/h5-6,9-10,12-14,18H,7-8H2,1-4H3/t10-,12-,13-,14-/m0/s1. The summed E-state index contributed by atoms with van der Waals surface area (Å²) in [7, 11) is 1.62. The predicted molar refractivity (Wildman–Crippen MR) is 76.6 cm³/mol. The van der Waals surface area contributed by atoms with Gasteiger partial charge in [-0.15, -0.1) is 0 Å². The van der Waals surface area contributed by atoms with Crippen LogP contribution in [0.15, 0.2) is 18.2 Å². The molecule has 0 aromatic heterocycles. The smallest absolute Gasteiger partial charge is 0.160 e. The SMILES string of the molecule is COc1cc([C@@H]2C[C@H]3C[C@@H]2C(C)(C)[C@H]3C)ccc1O. The zero-order valence-corrected chi connectivity index (χ0v) is 12.3. The summed E-state index contributed by atoms with van der Waals surface area (Å²) in [4.78, 5) is 0. The van der Waals surface area contributed by atoms with Crippen molar-refractivity contribution in [3.05, 3.63) is 23.8 Å². The Labute approximate surface area is 115 Å². The number of aromatic hydroxyl groups is 1. The molecule has 2 fully saturated rings. The first-order valence-corrected chi connectivity index (χ1v) is 7.32. The highest BCUT2D eigenvalue weighted by Gasteiger charge is 2.55. The molecule has 0 heterocycles. The lowest BCUT2D eigenvalue weighted by Gasteiger charge is -2.41. The summed E-state index contributed by atoms with van der Waals surface area (Å²) < 4.78 is 5.25. The van der Waals surface area contributed by atoms with Gasteiger partial charge in [0.2, 0.25) is 0 Å². The molecule has 1 aromatic carbocycles. The molecule has 1 N–H and O–H groups in total. The summed E-state index contributed by atoms with van der Waals surface area (Å²) in [6, 6.07) is 5.88. The molecule has 0 spiro atoms. The molecule has 19 heavy (non-hydrogen) atoms. The van der Waals surface area contributed by atoms with Gasteiger partial charge in [0.25, 0.3) is 0 Å². The highest BCUT2D eigenvalue weighted by Crippen LogP contribution is 2.64. The van der Waals surface area contributed by atoms with Crippen LogP contribution >= 0.6 is 0 Å². The topological polar surface area (TPSA) is 29.5 Å². The van der Waals surface area contributed by atoms with Crippen LogP contribution in [0, 0.1) is 23.2 Å². The zero-order valence-electron chi connectivity index (χ0n) is 12.3. The van der Waals surface area contributed by atoms with Gasteiger partial charge >= 0.3 is 0 Å². The molecule has 2 aliphatic rings. The predicted octanol–water partition coefficient (Wildman–Crippen LogP) is 4.19. The van der Waals surface area contributed by atoms with E-state index < -0.39 is 0 Å². The lowest BCUT2D eigenvalue weighted by atomic mass is 9.64. The third kappa shape index (κ3) is 1.76. The number of phenolic OH excluding ortho intramolecular Hbond substituents is 1. The molecule has 0 amide bonds. The number of hydrogen-bond donors (Lipinski definition) is 1. The lowest BCUT2D eigenvalue weighted by Crippen LogP contribution is -2.32. The maximum Gasteiger partial charge on any atom is 0.160 e. The second-order valence-corrected chi connectivity index (χ2v) is 6.99. The van der Waals surface area contributed by atoms with E-state index in [1.807, 2.05) is 6.07 Å². The number of methoxy groups -OCH3 is 1. The monoisotopic (exact) mass is 260 g/mol. The van der Waals surface area contributed by atoms with Crippen LogP contribution in [-0.4, -0.2) is 12.2 Å². The average Bonchev–Trinajstić information content (AvgIpc) is 2.90. The third-order valence-electron chi connectivity index (χ3n) is 6.07. The maximum absolute atomic E-state index is 9.73. The molecular weight excluding hydrogens is 236 g/mol. The summed E-state index contributed by atoms with van der Waals surface area (Å²) >= 11 is 0. The summed E-state index contributed by atoms with van der Waals surface area (Å²) in [5, 5.41) is 9.73. The second kappa shape index (κ2) is 4.16. The van der Waals surface area contributed by atoms with Gasteiger partial charge in [-0.05, 0) is 59.6 Å². The van der Waals surface area contributed by atoms with E-state index in [4.69, 9.17) is 4.74 Å². The molecule has 2 bridgehead atoms. The Bertz CT molecular complexity index is 492. The number of hydrogen-bond acceptors (Lipinski definition) is 2.